The van der Waals surface area contributed by atoms with Crippen LogP contribution in [0.2, 0.25) is 0 Å². The van der Waals surface area contributed by atoms with E-state index in [0.717, 1.165) is 25.9 Å². The molecule has 0 saturated carbocycles. The van der Waals surface area contributed by atoms with Crippen molar-refractivity contribution < 1.29 is 55.6 Å². The van der Waals surface area contributed by atoms with Gasteiger partial charge < -0.3 is 4.78 Å². The van der Waals surface area contributed by atoms with E-state index in [2.05, 4.69) is 0 Å². The predicted octanol–water partition coefficient (Wildman–Crippen LogP) is -1.94. The fraction of sp³-hybridized carbons (Fsp3) is 1.00. The van der Waals surface area contributed by atoms with Crippen molar-refractivity contribution >= 4 is 9.92 Å². The summed E-state index contributed by atoms with van der Waals surface area (Å²) in [5, 5.41) is 0. The largest absolute Gasteiger partial charge is 1.00 e. The molecular weight excluding hydrogens is 187 g/mol. The Morgan fingerprint density at radius 2 is 1.73 bits per heavy atom. The summed E-state index contributed by atoms with van der Waals surface area (Å²) in [5.41, 5.74) is 0. The molecule has 11 heavy (non-hydrogen) atoms. The summed E-state index contributed by atoms with van der Waals surface area (Å²) in [6.07, 6.45) is 4.71. The molecule has 60 valence electrons. The topological polar surface area (TPSA) is 42.6 Å². The smallest absolute Gasteiger partial charge is 0.738 e. The molecule has 0 radical (unpaired) electrons. The third-order valence-electron chi connectivity index (χ3n) is 1.79. The van der Waals surface area contributed by atoms with Crippen molar-refractivity contribution in [1.29, 1.82) is 0 Å². The zero-order valence-corrected chi connectivity index (χ0v) is 11.2. The van der Waals surface area contributed by atoms with E-state index in [-0.39, 0.29) is 51.4 Å². The Balaban J connectivity index is 0.000001000. The molecule has 1 aliphatic rings. The summed E-state index contributed by atoms with van der Waals surface area (Å²) < 4.78 is 21.8. The zero-order chi connectivity index (χ0) is 7.61. The maximum absolute atomic E-state index is 11.0. The van der Waals surface area contributed by atoms with E-state index in [4.69, 9.17) is 4.78 Å². The fourth-order valence-electron chi connectivity index (χ4n) is 1.20. The molecule has 0 spiro atoms. The van der Waals surface area contributed by atoms with Crippen LogP contribution in [0.5, 0.6) is 0 Å². The molecule has 0 aromatic rings. The van der Waals surface area contributed by atoms with Gasteiger partial charge in [-0.1, -0.05) is 16.3 Å². The van der Waals surface area contributed by atoms with Gasteiger partial charge in [0.1, 0.15) is 0 Å². The van der Waals surface area contributed by atoms with Gasteiger partial charge in [0.2, 0.25) is 0 Å². The van der Waals surface area contributed by atoms with Gasteiger partial charge in [-0.2, -0.15) is 0 Å². The summed E-state index contributed by atoms with van der Waals surface area (Å²) >= 11 is 0. The molecule has 5 heteroatoms. The first-order valence-electron chi connectivity index (χ1n) is 3.57. The van der Waals surface area contributed by atoms with E-state index in [1.54, 1.807) is 4.31 Å². The monoisotopic (exact) mass is 200 g/mol. The van der Waals surface area contributed by atoms with Crippen molar-refractivity contribution in [3.8, 4) is 0 Å². The fourth-order valence-corrected chi connectivity index (χ4v) is 2.14. The van der Waals surface area contributed by atoms with Gasteiger partial charge in [-0.05, 0) is 19.1 Å². The molecule has 0 aliphatic carbocycles. The van der Waals surface area contributed by atoms with E-state index in [1.807, 2.05) is 0 Å². The van der Waals surface area contributed by atoms with Crippen LogP contribution in [0.15, 0.2) is 0 Å². The maximum Gasteiger partial charge on any atom is 1.00 e. The molecule has 1 saturated heterocycles. The number of hydrogen-bond donors (Lipinski definition) is 0. The second-order valence-corrected chi connectivity index (χ2v) is 4.79. The molecule has 0 aromatic carbocycles. The number of rotatable bonds is 1. The van der Waals surface area contributed by atoms with Crippen molar-refractivity contribution in [1.82, 2.24) is 4.31 Å². The molecule has 0 N–H and O–H groups in total. The van der Waals surface area contributed by atoms with Crippen LogP contribution in [0, 0.1) is 0 Å². The molecule has 1 rings (SSSR count). The molecular formula is C6H13KN2OS. The molecule has 1 fully saturated rings. The van der Waals surface area contributed by atoms with Gasteiger partial charge in [-0.25, -0.2) is 4.31 Å². The standard InChI is InChI=1S/C6H13N2OS.K/c1-10(7,9)8-5-3-2-4-6-8;/h2-6H2,1H3;/q-1;+1. The van der Waals surface area contributed by atoms with Gasteiger partial charge in [0.05, 0.1) is 0 Å². The maximum atomic E-state index is 11.0. The molecule has 3 nitrogen and oxygen atoms in total. The first-order valence-corrected chi connectivity index (χ1v) is 5.45. The van der Waals surface area contributed by atoms with Crippen molar-refractivity contribution in [3.63, 3.8) is 0 Å². The van der Waals surface area contributed by atoms with Gasteiger partial charge in [0.25, 0.3) is 0 Å². The minimum Gasteiger partial charge on any atom is -0.738 e. The van der Waals surface area contributed by atoms with E-state index in [1.165, 1.54) is 12.7 Å². The van der Waals surface area contributed by atoms with Crippen LogP contribution < -0.4 is 51.4 Å². The number of hydrogen-bond acceptors (Lipinski definition) is 1. The van der Waals surface area contributed by atoms with Crippen LogP contribution in [0.4, 0.5) is 0 Å². The third kappa shape index (κ3) is 4.35. The Kier molecular flexibility index (Phi) is 6.06. The average molecular weight is 200 g/mol. The second-order valence-electron chi connectivity index (χ2n) is 2.75. The summed E-state index contributed by atoms with van der Waals surface area (Å²) in [6, 6.07) is 0. The summed E-state index contributed by atoms with van der Waals surface area (Å²) in [7, 11) is -2.64. The molecule has 1 atom stereocenters. The molecule has 1 aliphatic heterocycles. The van der Waals surface area contributed by atoms with E-state index < -0.39 is 9.92 Å². The normalized spacial score (nSPS) is 25.2. The molecule has 1 unspecified atom stereocenters. The second kappa shape index (κ2) is 5.31. The van der Waals surface area contributed by atoms with E-state index in [9.17, 15) is 4.21 Å². The summed E-state index contributed by atoms with van der Waals surface area (Å²) in [6.45, 7) is 1.57. The van der Waals surface area contributed by atoms with Crippen LogP contribution in [-0.2, 0) is 9.92 Å². The summed E-state index contributed by atoms with van der Waals surface area (Å²) in [5.74, 6) is 0. The van der Waals surface area contributed by atoms with Crippen molar-refractivity contribution in [3.05, 3.63) is 4.78 Å². The molecule has 1 heterocycles. The van der Waals surface area contributed by atoms with Gasteiger partial charge >= 0.3 is 51.4 Å². The van der Waals surface area contributed by atoms with Gasteiger partial charge in [0.15, 0.2) is 0 Å². The quantitative estimate of drug-likeness (QED) is 0.454. The minimum atomic E-state index is -2.64. The van der Waals surface area contributed by atoms with Gasteiger partial charge in [-0.3, -0.25) is 4.21 Å². The van der Waals surface area contributed by atoms with Gasteiger partial charge in [-0.15, -0.1) is 0 Å². The third-order valence-corrected chi connectivity index (χ3v) is 3.12. The van der Waals surface area contributed by atoms with Gasteiger partial charge in [0, 0.05) is 13.1 Å². The van der Waals surface area contributed by atoms with E-state index >= 15 is 0 Å². The van der Waals surface area contributed by atoms with E-state index in [0.29, 0.717) is 0 Å². The summed E-state index contributed by atoms with van der Waals surface area (Å²) in [4.78, 5) is 0. The Labute approximate surface area is 111 Å². The minimum absolute atomic E-state index is 0. The SMILES string of the molecule is CS(=[N-])(=O)N1CCCCC1.[K+]. The van der Waals surface area contributed by atoms with Crippen LogP contribution in [0.25, 0.3) is 4.78 Å². The predicted molar refractivity (Wildman–Crippen MR) is 42.8 cm³/mol. The van der Waals surface area contributed by atoms with Crippen LogP contribution in [0.3, 0.4) is 0 Å². The van der Waals surface area contributed by atoms with Crippen LogP contribution in [-0.4, -0.2) is 27.9 Å². The Morgan fingerprint density at radius 3 is 2.00 bits per heavy atom. The Hall–Kier alpha value is 1.55. The van der Waals surface area contributed by atoms with Crippen LogP contribution in [0.1, 0.15) is 19.3 Å². The Bertz CT molecular complexity index is 197. The van der Waals surface area contributed by atoms with Crippen molar-refractivity contribution in [2.24, 2.45) is 0 Å². The Morgan fingerprint density at radius 1 is 1.27 bits per heavy atom. The number of piperidine rings is 1. The van der Waals surface area contributed by atoms with Crippen molar-refractivity contribution in [2.75, 3.05) is 19.3 Å². The van der Waals surface area contributed by atoms with Crippen LogP contribution >= 0.6 is 0 Å². The molecule has 0 aromatic heterocycles. The average Bonchev–Trinajstić information content (AvgIpc) is 1.88. The molecule has 0 bridgehead atoms. The first-order chi connectivity index (χ1) is 4.61. The number of nitrogens with zero attached hydrogens (tertiary/aromatic N) is 2. The first kappa shape index (κ1) is 12.5. The molecule has 0 amide bonds. The zero-order valence-electron chi connectivity index (χ0n) is 7.25. The van der Waals surface area contributed by atoms with Crippen molar-refractivity contribution in [2.45, 2.75) is 19.3 Å².